The summed E-state index contributed by atoms with van der Waals surface area (Å²) in [7, 11) is -24.1. The molecule has 0 aliphatic heterocycles. The Morgan fingerprint density at radius 3 is 1.54 bits per heavy atom. The van der Waals surface area contributed by atoms with Crippen molar-refractivity contribution in [3.63, 3.8) is 0 Å². The molecular formula is C21H21F9O7S4. The highest BCUT2D eigenvalue weighted by Gasteiger charge is 2.63. The van der Waals surface area contributed by atoms with Gasteiger partial charge in [-0.3, -0.25) is 30.0 Å². The topological polar surface area (TPSA) is 119 Å². The van der Waals surface area contributed by atoms with Gasteiger partial charge < -0.3 is 0 Å². The molecule has 20 heteroatoms. The Balaban J connectivity index is 0.000000413. The molecule has 0 N–H and O–H groups in total. The van der Waals surface area contributed by atoms with Crippen LogP contribution in [0.25, 0.3) is 0 Å². The molecule has 0 aromatic heterocycles. The summed E-state index contributed by atoms with van der Waals surface area (Å²) in [5.41, 5.74) is -18.7. The second kappa shape index (κ2) is 12.7. The molecule has 0 spiro atoms. The number of hydrogen-bond donors (Lipinski definition) is 0. The van der Waals surface area contributed by atoms with E-state index < -0.39 is 50.0 Å². The van der Waals surface area contributed by atoms with Crippen LogP contribution < -0.4 is 0 Å². The number of sulfone groups is 3. The minimum absolute atomic E-state index is 0.135. The lowest BCUT2D eigenvalue weighted by molar-refractivity contribution is -0.0471. The first-order valence-corrected chi connectivity index (χ1v) is 16.3. The van der Waals surface area contributed by atoms with Gasteiger partial charge in [-0.1, -0.05) is 55.5 Å². The number of carbonyl (C=O) groups excluding carboxylic acids is 1. The van der Waals surface area contributed by atoms with E-state index in [9.17, 15) is 69.6 Å². The summed E-state index contributed by atoms with van der Waals surface area (Å²) in [6, 6.07) is 8.00. The van der Waals surface area contributed by atoms with Gasteiger partial charge in [0.1, 0.15) is 11.5 Å². The third-order valence-electron chi connectivity index (χ3n) is 5.03. The summed E-state index contributed by atoms with van der Waals surface area (Å²) in [5, 5.41) is 0. The van der Waals surface area contributed by atoms with Crippen molar-refractivity contribution < 1.29 is 69.6 Å². The average Bonchev–Trinajstić information content (AvgIpc) is 2.77. The van der Waals surface area contributed by atoms with Gasteiger partial charge in [0.25, 0.3) is 0 Å². The van der Waals surface area contributed by atoms with E-state index in [0.717, 1.165) is 17.7 Å². The molecule has 0 heterocycles. The number of benzene rings is 1. The van der Waals surface area contributed by atoms with Crippen LogP contribution in [0.2, 0.25) is 0 Å². The molecule has 0 fully saturated rings. The lowest BCUT2D eigenvalue weighted by Gasteiger charge is -2.31. The highest BCUT2D eigenvalue weighted by atomic mass is 32.3. The minimum atomic E-state index is -8.02. The van der Waals surface area contributed by atoms with Crippen LogP contribution in [-0.2, 0) is 47.0 Å². The van der Waals surface area contributed by atoms with Crippen LogP contribution >= 0.6 is 0 Å². The fourth-order valence-electron chi connectivity index (χ4n) is 2.89. The lowest BCUT2D eigenvalue weighted by atomic mass is 9.86. The number of ketones is 1. The van der Waals surface area contributed by atoms with Gasteiger partial charge in [-0.05, 0) is 25.1 Å². The second-order valence-corrected chi connectivity index (χ2v) is 16.0. The molecule has 1 atom stereocenters. The molecule has 1 aliphatic carbocycles. The van der Waals surface area contributed by atoms with Crippen LogP contribution in [0.15, 0.2) is 48.6 Å². The van der Waals surface area contributed by atoms with E-state index in [1.54, 1.807) is 6.92 Å². The molecule has 0 bridgehead atoms. The first-order chi connectivity index (χ1) is 18.2. The summed E-state index contributed by atoms with van der Waals surface area (Å²) in [4.78, 5) is 11.2. The number of thiol groups is 1. The van der Waals surface area contributed by atoms with Crippen molar-refractivity contribution in [3.8, 4) is 0 Å². The van der Waals surface area contributed by atoms with Crippen LogP contribution in [0.1, 0.15) is 36.2 Å². The SMILES string of the molecule is CC(=O)c1ccc(C[SH+]CC2(C)C=CC=CC2)cc1.O=S(=O)([C-](S(=O)(=O)C(F)(F)F)S(=O)(=O)C(F)(F)F)C(F)(F)F. The van der Waals surface area contributed by atoms with Crippen molar-refractivity contribution >= 4 is 47.1 Å². The van der Waals surface area contributed by atoms with Gasteiger partial charge in [0.2, 0.25) is 0 Å². The summed E-state index contributed by atoms with van der Waals surface area (Å²) in [5.74, 6) is 2.38. The molecule has 41 heavy (non-hydrogen) atoms. The molecule has 2 rings (SSSR count). The molecule has 1 unspecified atom stereocenters. The van der Waals surface area contributed by atoms with Crippen LogP contribution in [-0.4, -0.2) is 53.3 Å². The van der Waals surface area contributed by atoms with E-state index in [4.69, 9.17) is 0 Å². The Morgan fingerprint density at radius 2 is 1.22 bits per heavy atom. The lowest BCUT2D eigenvalue weighted by Crippen LogP contribution is -2.47. The number of rotatable bonds is 8. The standard InChI is InChI=1S/C17H20OS.C4F9O6S3/c1-14(18)16-8-6-15(7-9-16)12-19-13-17(2)10-4-3-5-11-17;5-2(6,7)20(14,15)1(21(16,17)3(8,9)10)22(18,19)4(11,12)13/h3-10H,11-13H2,1-2H3;/q;-1/p+1. The molecule has 234 valence electrons. The Morgan fingerprint density at radius 1 is 0.805 bits per heavy atom. The first kappa shape index (κ1) is 37.0. The zero-order valence-electron chi connectivity index (χ0n) is 20.7. The minimum Gasteiger partial charge on any atom is -0.295 e. The molecule has 0 amide bonds. The predicted molar refractivity (Wildman–Crippen MR) is 133 cm³/mol. The number of alkyl halides is 9. The molecule has 0 saturated heterocycles. The molecule has 7 nitrogen and oxygen atoms in total. The molecule has 0 radical (unpaired) electrons. The number of hydrogen-bond acceptors (Lipinski definition) is 7. The number of Topliss-reactive ketones (excluding diaryl/α,β-unsaturated/α-hetero) is 1. The number of carbonyl (C=O) groups is 1. The van der Waals surface area contributed by atoms with E-state index in [2.05, 4.69) is 43.4 Å². The Bertz CT molecular complexity index is 1370. The van der Waals surface area contributed by atoms with Gasteiger partial charge >= 0.3 is 16.5 Å². The van der Waals surface area contributed by atoms with Crippen molar-refractivity contribution in [2.24, 2.45) is 5.41 Å². The van der Waals surface area contributed by atoms with Crippen LogP contribution in [0, 0.1) is 9.33 Å². The highest BCUT2D eigenvalue weighted by Crippen LogP contribution is 2.47. The summed E-state index contributed by atoms with van der Waals surface area (Å²) in [6.45, 7) is 3.93. The summed E-state index contributed by atoms with van der Waals surface area (Å²) in [6.07, 6.45) is 9.98. The molecule has 1 aromatic carbocycles. The predicted octanol–water partition coefficient (Wildman–Crippen LogP) is 4.96. The van der Waals surface area contributed by atoms with Crippen LogP contribution in [0.5, 0.6) is 0 Å². The zero-order valence-corrected chi connectivity index (χ0v) is 24.0. The van der Waals surface area contributed by atoms with Crippen molar-refractivity contribution in [3.05, 3.63) is 63.6 Å². The normalized spacial score (nSPS) is 18.6. The Labute approximate surface area is 233 Å². The Hall–Kier alpha value is -2.06. The number of allylic oxidation sites excluding steroid dienone is 4. The maximum atomic E-state index is 12.0. The monoisotopic (exact) mass is 684 g/mol. The van der Waals surface area contributed by atoms with Crippen molar-refractivity contribution in [1.82, 2.24) is 0 Å². The van der Waals surface area contributed by atoms with Gasteiger partial charge in [0.05, 0.1) is 3.91 Å². The smallest absolute Gasteiger partial charge is 0.295 e. The third-order valence-corrected chi connectivity index (χ3v) is 13.7. The van der Waals surface area contributed by atoms with E-state index in [0.29, 0.717) is 5.41 Å². The van der Waals surface area contributed by atoms with E-state index in [-0.39, 0.29) is 5.78 Å². The van der Waals surface area contributed by atoms with Gasteiger partial charge in [0.15, 0.2) is 35.3 Å². The quantitative estimate of drug-likeness (QED) is 0.125. The van der Waals surface area contributed by atoms with Crippen molar-refractivity contribution in [2.45, 2.75) is 42.5 Å². The highest BCUT2D eigenvalue weighted by molar-refractivity contribution is 8.29. The molecule has 1 aliphatic rings. The van der Waals surface area contributed by atoms with E-state index in [1.165, 1.54) is 23.1 Å². The molecule has 1 aromatic rings. The van der Waals surface area contributed by atoms with Crippen molar-refractivity contribution in [1.29, 1.82) is 0 Å². The summed E-state index contributed by atoms with van der Waals surface area (Å²) >= 11 is 1.44. The fourth-order valence-corrected chi connectivity index (χ4v) is 9.95. The number of halogens is 9. The molecular weight excluding hydrogens is 663 g/mol. The van der Waals surface area contributed by atoms with Gasteiger partial charge in [0, 0.05) is 16.5 Å². The van der Waals surface area contributed by atoms with Crippen molar-refractivity contribution in [2.75, 3.05) is 5.75 Å². The fraction of sp³-hybridized carbons (Fsp3) is 0.429. The van der Waals surface area contributed by atoms with E-state index in [1.807, 2.05) is 12.1 Å². The summed E-state index contributed by atoms with van der Waals surface area (Å²) < 4.78 is 167. The maximum Gasteiger partial charge on any atom is 0.470 e. The van der Waals surface area contributed by atoms with Crippen LogP contribution in [0.4, 0.5) is 39.5 Å². The second-order valence-electron chi connectivity index (χ2n) is 8.54. The zero-order chi connectivity index (χ0) is 32.3. The third kappa shape index (κ3) is 8.96. The van der Waals surface area contributed by atoms with Gasteiger partial charge in [-0.25, -0.2) is 0 Å². The largest absolute Gasteiger partial charge is 0.470 e. The van der Waals surface area contributed by atoms with Crippen LogP contribution in [0.3, 0.4) is 0 Å². The molecule has 0 saturated carbocycles. The maximum absolute atomic E-state index is 12.0. The van der Waals surface area contributed by atoms with E-state index >= 15 is 0 Å². The van der Waals surface area contributed by atoms with Gasteiger partial charge in [-0.2, -0.15) is 39.5 Å². The first-order valence-electron chi connectivity index (χ1n) is 10.6. The Kier molecular flexibility index (Phi) is 11.4. The van der Waals surface area contributed by atoms with Gasteiger partial charge in [-0.15, -0.1) is 0 Å². The average molecular weight is 685 g/mol.